The maximum Gasteiger partial charge on any atom is 0.387 e. The molecule has 0 aliphatic carbocycles. The van der Waals surface area contributed by atoms with Crippen LogP contribution in [0.15, 0.2) is 41.4 Å². The van der Waals surface area contributed by atoms with Gasteiger partial charge in [0.05, 0.1) is 34.3 Å². The molecule has 2 aromatic rings. The van der Waals surface area contributed by atoms with Gasteiger partial charge in [0.1, 0.15) is 5.75 Å². The number of hydrogen-bond donors (Lipinski definition) is 2. The molecule has 3 atom stereocenters. The first-order valence-electron chi connectivity index (χ1n) is 11.6. The van der Waals surface area contributed by atoms with Crippen LogP contribution in [0.1, 0.15) is 49.0 Å². The molecule has 8 nitrogen and oxygen atoms in total. The predicted molar refractivity (Wildman–Crippen MR) is 136 cm³/mol. The molecule has 12 heteroatoms. The Morgan fingerprint density at radius 2 is 2.08 bits per heavy atom. The molecule has 2 amide bonds. The normalized spacial score (nSPS) is 24.1. The summed E-state index contributed by atoms with van der Waals surface area (Å²) in [5.74, 6) is -1.19. The SMILES string of the molecule is C[C@@H]1C[C@H](N2C(=O)C[C@@](C)(c3cccc(NC(=O)c4cc(Cl)ccc4OC(F)F)c3Cl)N=C2N)CCO1. The number of aliphatic imine (C=N–C) groups is 1. The van der Waals surface area contributed by atoms with Gasteiger partial charge in [-0.2, -0.15) is 8.78 Å². The third-order valence-electron chi connectivity index (χ3n) is 6.42. The molecule has 0 bridgehead atoms. The fourth-order valence-electron chi connectivity index (χ4n) is 4.72. The average Bonchev–Trinajstić information content (AvgIpc) is 2.80. The monoisotopic (exact) mass is 554 g/mol. The summed E-state index contributed by atoms with van der Waals surface area (Å²) in [6.45, 7) is 1.09. The van der Waals surface area contributed by atoms with Crippen LogP contribution in [0.2, 0.25) is 10.0 Å². The van der Waals surface area contributed by atoms with E-state index in [2.05, 4.69) is 15.0 Å². The van der Waals surface area contributed by atoms with Crippen LogP contribution in [0.25, 0.3) is 0 Å². The van der Waals surface area contributed by atoms with Gasteiger partial charge in [0.25, 0.3) is 5.91 Å². The summed E-state index contributed by atoms with van der Waals surface area (Å²) >= 11 is 12.6. The number of nitrogens with one attached hydrogen (secondary N) is 1. The Labute approximate surface area is 222 Å². The molecule has 198 valence electrons. The minimum absolute atomic E-state index is 0.00787. The summed E-state index contributed by atoms with van der Waals surface area (Å²) in [6.07, 6.45) is 1.33. The van der Waals surface area contributed by atoms with Crippen molar-refractivity contribution in [1.29, 1.82) is 0 Å². The largest absolute Gasteiger partial charge is 0.434 e. The van der Waals surface area contributed by atoms with Crippen LogP contribution in [-0.2, 0) is 15.1 Å². The number of alkyl halides is 2. The number of rotatable bonds is 6. The molecule has 0 aromatic heterocycles. The van der Waals surface area contributed by atoms with Crippen molar-refractivity contribution >= 4 is 46.7 Å². The third-order valence-corrected chi connectivity index (χ3v) is 7.07. The van der Waals surface area contributed by atoms with E-state index in [1.54, 1.807) is 25.1 Å². The smallest absolute Gasteiger partial charge is 0.387 e. The second-order valence-electron chi connectivity index (χ2n) is 9.18. The Morgan fingerprint density at radius 3 is 2.76 bits per heavy atom. The summed E-state index contributed by atoms with van der Waals surface area (Å²) in [4.78, 5) is 32.4. The van der Waals surface area contributed by atoms with Gasteiger partial charge in [0.2, 0.25) is 5.91 Å². The number of benzene rings is 2. The summed E-state index contributed by atoms with van der Waals surface area (Å²) in [5.41, 5.74) is 5.66. The van der Waals surface area contributed by atoms with Gasteiger partial charge in [-0.3, -0.25) is 14.5 Å². The van der Waals surface area contributed by atoms with E-state index in [0.717, 1.165) is 0 Å². The molecule has 0 spiro atoms. The lowest BCUT2D eigenvalue weighted by molar-refractivity contribution is -0.133. The van der Waals surface area contributed by atoms with E-state index in [4.69, 9.17) is 33.7 Å². The second kappa shape index (κ2) is 10.8. The standard InChI is InChI=1S/C25H26Cl2F2N4O4/c1-13-10-15(8-9-36-13)33-20(34)12-25(2,32-24(33)30)17-4-3-5-18(21(17)27)31-22(35)16-11-14(26)6-7-19(16)37-23(28)29/h3-7,11,13,15,23H,8-10,12H2,1-2H3,(H2,30,32)(H,31,35)/t13-,15-,25+/m1/s1. The fraction of sp³-hybridized carbons (Fsp3) is 0.400. The minimum Gasteiger partial charge on any atom is -0.434 e. The van der Waals surface area contributed by atoms with Crippen LogP contribution < -0.4 is 15.8 Å². The number of amides is 2. The first kappa shape index (κ1) is 27.1. The Morgan fingerprint density at radius 1 is 1.32 bits per heavy atom. The Kier molecular flexibility index (Phi) is 7.91. The highest BCUT2D eigenvalue weighted by molar-refractivity contribution is 6.35. The number of halogens is 4. The van der Waals surface area contributed by atoms with Crippen LogP contribution >= 0.6 is 23.2 Å². The van der Waals surface area contributed by atoms with E-state index in [1.165, 1.54) is 23.1 Å². The molecule has 2 aromatic carbocycles. The first-order chi connectivity index (χ1) is 17.5. The van der Waals surface area contributed by atoms with E-state index in [9.17, 15) is 18.4 Å². The Bertz CT molecular complexity index is 1250. The molecule has 1 saturated heterocycles. The maximum absolute atomic E-state index is 13.2. The highest BCUT2D eigenvalue weighted by atomic mass is 35.5. The molecule has 2 aliphatic rings. The van der Waals surface area contributed by atoms with E-state index >= 15 is 0 Å². The molecule has 2 heterocycles. The summed E-state index contributed by atoms with van der Waals surface area (Å²) in [7, 11) is 0. The molecule has 3 N–H and O–H groups in total. The molecule has 0 unspecified atom stereocenters. The second-order valence-corrected chi connectivity index (χ2v) is 10.00. The number of anilines is 1. The van der Waals surface area contributed by atoms with Gasteiger partial charge < -0.3 is 20.5 Å². The molecule has 0 radical (unpaired) electrons. The number of nitrogens with two attached hydrogens (primary N) is 1. The molecule has 0 saturated carbocycles. The topological polar surface area (TPSA) is 106 Å². The summed E-state index contributed by atoms with van der Waals surface area (Å²) < 4.78 is 35.7. The van der Waals surface area contributed by atoms with Crippen LogP contribution in [-0.4, -0.2) is 48.0 Å². The highest BCUT2D eigenvalue weighted by Crippen LogP contribution is 2.41. The van der Waals surface area contributed by atoms with Gasteiger partial charge >= 0.3 is 6.61 Å². The quantitative estimate of drug-likeness (QED) is 0.511. The first-order valence-corrected chi connectivity index (χ1v) is 12.4. The van der Waals surface area contributed by atoms with E-state index in [0.29, 0.717) is 25.0 Å². The Balaban J connectivity index is 1.62. The number of carbonyl (C=O) groups excluding carboxylic acids is 2. The number of carbonyl (C=O) groups is 2. The van der Waals surface area contributed by atoms with Crippen LogP contribution in [0.4, 0.5) is 14.5 Å². The van der Waals surface area contributed by atoms with Crippen LogP contribution in [0.5, 0.6) is 5.75 Å². The van der Waals surface area contributed by atoms with Gasteiger partial charge in [0, 0.05) is 23.2 Å². The van der Waals surface area contributed by atoms with Gasteiger partial charge in [-0.05, 0) is 51.0 Å². The fourth-order valence-corrected chi connectivity index (χ4v) is 5.27. The van der Waals surface area contributed by atoms with Gasteiger partial charge in [-0.15, -0.1) is 0 Å². The molecule has 4 rings (SSSR count). The molecule has 1 fully saturated rings. The van der Waals surface area contributed by atoms with Crippen molar-refractivity contribution in [3.63, 3.8) is 0 Å². The lowest BCUT2D eigenvalue weighted by Crippen LogP contribution is -2.56. The number of ether oxygens (including phenoxy) is 2. The number of hydrogen-bond acceptors (Lipinski definition) is 6. The zero-order valence-electron chi connectivity index (χ0n) is 20.1. The zero-order valence-corrected chi connectivity index (χ0v) is 21.7. The lowest BCUT2D eigenvalue weighted by atomic mass is 9.86. The molecule has 37 heavy (non-hydrogen) atoms. The van der Waals surface area contributed by atoms with Gasteiger partial charge in [-0.1, -0.05) is 35.3 Å². The van der Waals surface area contributed by atoms with Crippen LogP contribution in [0.3, 0.4) is 0 Å². The highest BCUT2D eigenvalue weighted by Gasteiger charge is 2.42. The van der Waals surface area contributed by atoms with Crippen molar-refractivity contribution in [3.8, 4) is 5.75 Å². The van der Waals surface area contributed by atoms with E-state index in [-0.39, 0.29) is 57.5 Å². The van der Waals surface area contributed by atoms with Crippen LogP contribution in [0, 0.1) is 0 Å². The van der Waals surface area contributed by atoms with Gasteiger partial charge in [0.15, 0.2) is 5.96 Å². The van der Waals surface area contributed by atoms with E-state index in [1.807, 2.05) is 6.92 Å². The van der Waals surface area contributed by atoms with Crippen molar-refractivity contribution < 1.29 is 27.8 Å². The predicted octanol–water partition coefficient (Wildman–Crippen LogP) is 5.18. The third kappa shape index (κ3) is 5.81. The van der Waals surface area contributed by atoms with E-state index < -0.39 is 18.1 Å². The van der Waals surface area contributed by atoms with Crippen molar-refractivity contribution in [2.24, 2.45) is 10.7 Å². The molecular weight excluding hydrogens is 529 g/mol. The van der Waals surface area contributed by atoms with Crippen molar-refractivity contribution in [3.05, 3.63) is 57.6 Å². The Hall–Kier alpha value is -2.95. The van der Waals surface area contributed by atoms with Gasteiger partial charge in [-0.25, -0.2) is 4.99 Å². The lowest BCUT2D eigenvalue weighted by Gasteiger charge is -2.41. The number of nitrogens with zero attached hydrogens (tertiary/aromatic N) is 2. The zero-order chi connectivity index (χ0) is 26.9. The maximum atomic E-state index is 13.2. The summed E-state index contributed by atoms with van der Waals surface area (Å²) in [6, 6.07) is 8.49. The van der Waals surface area contributed by atoms with Crippen molar-refractivity contribution in [2.45, 2.75) is 57.4 Å². The number of guanidine groups is 1. The van der Waals surface area contributed by atoms with Crippen molar-refractivity contribution in [1.82, 2.24) is 4.90 Å². The minimum atomic E-state index is -3.13. The molecular formula is C25H26Cl2F2N4O4. The van der Waals surface area contributed by atoms with Crippen molar-refractivity contribution in [2.75, 3.05) is 11.9 Å². The average molecular weight is 555 g/mol. The molecule has 2 aliphatic heterocycles. The summed E-state index contributed by atoms with van der Waals surface area (Å²) in [5, 5.41) is 2.90.